The molecule has 0 unspecified atom stereocenters. The number of esters is 1. The van der Waals surface area contributed by atoms with Crippen LogP contribution in [0.25, 0.3) is 0 Å². The van der Waals surface area contributed by atoms with E-state index in [-0.39, 0.29) is 5.97 Å². The van der Waals surface area contributed by atoms with Crippen LogP contribution in [0.3, 0.4) is 0 Å². The molecule has 1 fully saturated rings. The average Bonchev–Trinajstić information content (AvgIpc) is 3.11. The van der Waals surface area contributed by atoms with E-state index in [0.717, 1.165) is 23.5 Å². The number of rotatable bonds is 6. The van der Waals surface area contributed by atoms with Gasteiger partial charge in [-0.15, -0.1) is 0 Å². The second kappa shape index (κ2) is 5.73. The van der Waals surface area contributed by atoms with Crippen molar-refractivity contribution in [2.75, 3.05) is 7.11 Å². The monoisotopic (exact) mass is 288 g/mol. The summed E-state index contributed by atoms with van der Waals surface area (Å²) >= 11 is 0. The van der Waals surface area contributed by atoms with Crippen molar-refractivity contribution in [2.45, 2.75) is 38.8 Å². The highest BCUT2D eigenvalue weighted by Gasteiger charge is 2.27. The van der Waals surface area contributed by atoms with Gasteiger partial charge >= 0.3 is 5.97 Å². The predicted molar refractivity (Wildman–Crippen MR) is 78.0 cm³/mol. The Balaban J connectivity index is 1.58. The van der Waals surface area contributed by atoms with E-state index in [4.69, 9.17) is 4.74 Å². The van der Waals surface area contributed by atoms with Crippen LogP contribution in [-0.4, -0.2) is 28.3 Å². The van der Waals surface area contributed by atoms with Gasteiger partial charge in [0.25, 0.3) is 0 Å². The number of hydrogen-bond donors (Lipinski definition) is 3. The Hall–Kier alpha value is -2.08. The van der Waals surface area contributed by atoms with Gasteiger partial charge in [0.1, 0.15) is 5.69 Å². The zero-order valence-corrected chi connectivity index (χ0v) is 12.3. The number of carbonyl (C=O) groups excluding carboxylic acids is 1. The number of methoxy groups -OCH3 is 1. The Morgan fingerprint density at radius 3 is 3.00 bits per heavy atom. The third-order valence-electron chi connectivity index (χ3n) is 3.85. The molecule has 1 aliphatic rings. The van der Waals surface area contributed by atoms with Crippen molar-refractivity contribution >= 4 is 5.97 Å². The van der Waals surface area contributed by atoms with E-state index >= 15 is 0 Å². The van der Waals surface area contributed by atoms with Crippen molar-refractivity contribution in [3.05, 3.63) is 40.5 Å². The fourth-order valence-corrected chi connectivity index (χ4v) is 2.57. The van der Waals surface area contributed by atoms with Crippen molar-refractivity contribution < 1.29 is 9.53 Å². The summed E-state index contributed by atoms with van der Waals surface area (Å²) in [5.41, 5.74) is 4.89. The van der Waals surface area contributed by atoms with Crippen LogP contribution in [0.5, 0.6) is 0 Å². The summed E-state index contributed by atoms with van der Waals surface area (Å²) < 4.78 is 4.74. The lowest BCUT2D eigenvalue weighted by Gasteiger charge is -2.04. The number of aromatic nitrogens is 3. The molecule has 0 saturated heterocycles. The molecule has 2 heterocycles. The largest absolute Gasteiger partial charge is 0.464 e. The maximum absolute atomic E-state index is 11.5. The van der Waals surface area contributed by atoms with Crippen LogP contribution >= 0.6 is 0 Å². The molecule has 2 aromatic heterocycles. The third-order valence-corrected chi connectivity index (χ3v) is 3.85. The first kappa shape index (κ1) is 13.9. The highest BCUT2D eigenvalue weighted by Crippen LogP contribution is 2.40. The normalized spacial score (nSPS) is 14.4. The SMILES string of the molecule is COC(=O)c1[nH]c(CNCc2[nH]ncc2C2CC2)cc1C. The molecule has 6 heteroatoms. The van der Waals surface area contributed by atoms with Crippen LogP contribution in [-0.2, 0) is 17.8 Å². The van der Waals surface area contributed by atoms with E-state index in [9.17, 15) is 4.79 Å². The van der Waals surface area contributed by atoms with Crippen LogP contribution in [0.4, 0.5) is 0 Å². The molecular weight excluding hydrogens is 268 g/mol. The number of ether oxygens (including phenoxy) is 1. The molecule has 1 saturated carbocycles. The molecular formula is C15H20N4O2. The van der Waals surface area contributed by atoms with Crippen LogP contribution in [0.15, 0.2) is 12.3 Å². The fourth-order valence-electron chi connectivity index (χ4n) is 2.57. The summed E-state index contributed by atoms with van der Waals surface area (Å²) in [6.07, 6.45) is 4.47. The summed E-state index contributed by atoms with van der Waals surface area (Å²) in [5, 5.41) is 10.6. The molecule has 0 spiro atoms. The first-order valence-electron chi connectivity index (χ1n) is 7.18. The molecule has 2 aromatic rings. The lowest BCUT2D eigenvalue weighted by atomic mass is 10.1. The minimum absolute atomic E-state index is 0.330. The van der Waals surface area contributed by atoms with Gasteiger partial charge in [-0.1, -0.05) is 0 Å². The topological polar surface area (TPSA) is 82.8 Å². The molecule has 0 atom stereocenters. The minimum atomic E-state index is -0.330. The average molecular weight is 288 g/mol. The second-order valence-electron chi connectivity index (χ2n) is 5.53. The van der Waals surface area contributed by atoms with E-state index in [1.807, 2.05) is 19.2 Å². The number of carbonyl (C=O) groups is 1. The fraction of sp³-hybridized carbons (Fsp3) is 0.467. The molecule has 3 N–H and O–H groups in total. The predicted octanol–water partition coefficient (Wildman–Crippen LogP) is 2.00. The van der Waals surface area contributed by atoms with Gasteiger partial charge in [-0.25, -0.2) is 4.79 Å². The van der Waals surface area contributed by atoms with Gasteiger partial charge in [0.2, 0.25) is 0 Å². The molecule has 112 valence electrons. The summed E-state index contributed by atoms with van der Waals surface area (Å²) in [4.78, 5) is 14.6. The standard InChI is InChI=1S/C15H20N4O2/c1-9-5-11(18-14(9)15(20)21-2)6-16-8-13-12(7-17-19-13)10-3-4-10/h5,7,10,16,18H,3-4,6,8H2,1-2H3,(H,17,19). The van der Waals surface area contributed by atoms with E-state index in [1.54, 1.807) is 0 Å². The summed E-state index contributed by atoms with van der Waals surface area (Å²) in [6.45, 7) is 3.31. The maximum Gasteiger partial charge on any atom is 0.354 e. The van der Waals surface area contributed by atoms with Gasteiger partial charge in [0.15, 0.2) is 0 Å². The molecule has 6 nitrogen and oxygen atoms in total. The first-order chi connectivity index (χ1) is 10.2. The molecule has 0 amide bonds. The van der Waals surface area contributed by atoms with Crippen molar-refractivity contribution in [2.24, 2.45) is 0 Å². The van der Waals surface area contributed by atoms with E-state index in [0.29, 0.717) is 18.2 Å². The summed E-state index contributed by atoms with van der Waals surface area (Å²) in [7, 11) is 1.39. The third kappa shape index (κ3) is 3.00. The highest BCUT2D eigenvalue weighted by molar-refractivity contribution is 5.89. The second-order valence-corrected chi connectivity index (χ2v) is 5.53. The molecule has 1 aliphatic carbocycles. The van der Waals surface area contributed by atoms with Crippen molar-refractivity contribution in [1.29, 1.82) is 0 Å². The number of hydrogen-bond acceptors (Lipinski definition) is 4. The van der Waals surface area contributed by atoms with Gasteiger partial charge in [-0.05, 0) is 42.9 Å². The quantitative estimate of drug-likeness (QED) is 0.710. The highest BCUT2D eigenvalue weighted by atomic mass is 16.5. The summed E-state index contributed by atoms with van der Waals surface area (Å²) in [5.74, 6) is 0.363. The Bertz CT molecular complexity index is 640. The molecule has 0 aromatic carbocycles. The number of nitrogens with one attached hydrogen (secondary N) is 3. The summed E-state index contributed by atoms with van der Waals surface area (Å²) in [6, 6.07) is 1.97. The maximum atomic E-state index is 11.5. The number of aromatic amines is 2. The van der Waals surface area contributed by atoms with Crippen LogP contribution in [0.1, 0.15) is 51.8 Å². The van der Waals surface area contributed by atoms with Crippen molar-refractivity contribution in [3.63, 3.8) is 0 Å². The lowest BCUT2D eigenvalue weighted by Crippen LogP contribution is -2.14. The molecule has 0 radical (unpaired) electrons. The number of nitrogens with zero attached hydrogens (tertiary/aromatic N) is 1. The Morgan fingerprint density at radius 2 is 2.29 bits per heavy atom. The van der Waals surface area contributed by atoms with Gasteiger partial charge in [-0.3, -0.25) is 5.10 Å². The van der Waals surface area contributed by atoms with Crippen molar-refractivity contribution in [3.8, 4) is 0 Å². The van der Waals surface area contributed by atoms with Gasteiger partial charge in [-0.2, -0.15) is 5.10 Å². The molecule has 0 bridgehead atoms. The Morgan fingerprint density at radius 1 is 1.48 bits per heavy atom. The van der Waals surface area contributed by atoms with E-state index < -0.39 is 0 Å². The zero-order chi connectivity index (χ0) is 14.8. The van der Waals surface area contributed by atoms with Crippen LogP contribution < -0.4 is 5.32 Å². The molecule has 0 aliphatic heterocycles. The molecule has 3 rings (SSSR count). The van der Waals surface area contributed by atoms with E-state index in [2.05, 4.69) is 20.5 Å². The lowest BCUT2D eigenvalue weighted by molar-refractivity contribution is 0.0594. The smallest absolute Gasteiger partial charge is 0.354 e. The van der Waals surface area contributed by atoms with Gasteiger partial charge < -0.3 is 15.0 Å². The van der Waals surface area contributed by atoms with E-state index in [1.165, 1.54) is 25.5 Å². The first-order valence-corrected chi connectivity index (χ1v) is 7.18. The molecule has 21 heavy (non-hydrogen) atoms. The Labute approximate surface area is 123 Å². The van der Waals surface area contributed by atoms with Crippen LogP contribution in [0.2, 0.25) is 0 Å². The number of H-pyrrole nitrogens is 2. The Kier molecular flexibility index (Phi) is 3.79. The van der Waals surface area contributed by atoms with Gasteiger partial charge in [0, 0.05) is 18.8 Å². The zero-order valence-electron chi connectivity index (χ0n) is 12.3. The minimum Gasteiger partial charge on any atom is -0.464 e. The van der Waals surface area contributed by atoms with Gasteiger partial charge in [0.05, 0.1) is 19.0 Å². The number of aryl methyl sites for hydroxylation is 1. The van der Waals surface area contributed by atoms with Crippen molar-refractivity contribution in [1.82, 2.24) is 20.5 Å². The van der Waals surface area contributed by atoms with Crippen LogP contribution in [0, 0.1) is 6.92 Å².